The van der Waals surface area contributed by atoms with Crippen LogP contribution in [0.2, 0.25) is 0 Å². The number of benzene rings is 9. The van der Waals surface area contributed by atoms with Crippen molar-refractivity contribution in [1.29, 1.82) is 0 Å². The second kappa shape index (κ2) is 9.29. The number of hydrogen-bond donors (Lipinski definition) is 0. The molecule has 0 aliphatic carbocycles. The fourth-order valence-corrected chi connectivity index (χ4v) is 7.53. The highest BCUT2D eigenvalue weighted by molar-refractivity contribution is 6.27. The molecule has 0 bridgehead atoms. The topological polar surface area (TPSA) is 9.23 Å². The maximum absolute atomic E-state index is 6.69. The highest BCUT2D eigenvalue weighted by Crippen LogP contribution is 2.50. The molecular formula is C44H26O. The molecule has 1 aliphatic rings. The summed E-state index contributed by atoms with van der Waals surface area (Å²) in [5.74, 6) is 1.81. The van der Waals surface area contributed by atoms with Gasteiger partial charge in [-0.05, 0) is 101 Å². The van der Waals surface area contributed by atoms with Crippen LogP contribution in [0.15, 0.2) is 158 Å². The van der Waals surface area contributed by atoms with Crippen molar-refractivity contribution in [3.05, 3.63) is 158 Å². The van der Waals surface area contributed by atoms with Crippen molar-refractivity contribution in [1.82, 2.24) is 0 Å². The van der Waals surface area contributed by atoms with E-state index in [2.05, 4.69) is 158 Å². The van der Waals surface area contributed by atoms with Gasteiger partial charge in [-0.15, -0.1) is 0 Å². The van der Waals surface area contributed by atoms with Crippen molar-refractivity contribution in [2.24, 2.45) is 0 Å². The molecule has 1 heterocycles. The van der Waals surface area contributed by atoms with Gasteiger partial charge < -0.3 is 4.74 Å². The summed E-state index contributed by atoms with van der Waals surface area (Å²) in [5.41, 5.74) is 9.66. The molecule has 0 saturated carbocycles. The average Bonchev–Trinajstić information content (AvgIpc) is 3.11. The third kappa shape index (κ3) is 3.62. The Morgan fingerprint density at radius 3 is 1.64 bits per heavy atom. The summed E-state index contributed by atoms with van der Waals surface area (Å²) >= 11 is 0. The van der Waals surface area contributed by atoms with Crippen LogP contribution in [0.1, 0.15) is 0 Å². The van der Waals surface area contributed by atoms with Crippen LogP contribution in [0.5, 0.6) is 11.5 Å². The molecule has 0 aromatic heterocycles. The fourth-order valence-electron chi connectivity index (χ4n) is 7.53. The standard InChI is InChI=1S/C44H26O/c1-3-8-27(9-4-1)31-18-23-40-39(25-31)36-13-7-12-32-24-33(26-41(45-40)42(32)36)35-20-15-30-16-21-37-34(28-10-5-2-6-11-28)19-14-29-17-22-38(35)44(30)43(29)37/h1-26H. The molecule has 0 spiro atoms. The third-order valence-corrected chi connectivity index (χ3v) is 9.60. The third-order valence-electron chi connectivity index (χ3n) is 9.60. The van der Waals surface area contributed by atoms with Crippen molar-refractivity contribution in [3.63, 3.8) is 0 Å². The molecule has 208 valence electrons. The predicted octanol–water partition coefficient (Wildman–Crippen LogP) is 12.5. The first kappa shape index (κ1) is 24.5. The normalized spacial score (nSPS) is 12.2. The van der Waals surface area contributed by atoms with Crippen molar-refractivity contribution in [3.8, 4) is 56.0 Å². The van der Waals surface area contributed by atoms with Crippen molar-refractivity contribution in [2.45, 2.75) is 0 Å². The lowest BCUT2D eigenvalue weighted by Gasteiger charge is -2.23. The van der Waals surface area contributed by atoms with Gasteiger partial charge in [0.05, 0.1) is 0 Å². The number of rotatable bonds is 3. The van der Waals surface area contributed by atoms with Gasteiger partial charge in [0.1, 0.15) is 11.5 Å². The molecule has 10 rings (SSSR count). The van der Waals surface area contributed by atoms with E-state index >= 15 is 0 Å². The molecule has 9 aromatic rings. The van der Waals surface area contributed by atoms with Crippen molar-refractivity contribution >= 4 is 43.1 Å². The lowest BCUT2D eigenvalue weighted by atomic mass is 9.86. The van der Waals surface area contributed by atoms with Crippen LogP contribution >= 0.6 is 0 Å². The zero-order valence-electron chi connectivity index (χ0n) is 24.4. The van der Waals surface area contributed by atoms with Crippen LogP contribution in [0.3, 0.4) is 0 Å². The largest absolute Gasteiger partial charge is 0.456 e. The zero-order valence-corrected chi connectivity index (χ0v) is 24.4. The first-order chi connectivity index (χ1) is 22.3. The second-order valence-corrected chi connectivity index (χ2v) is 12.1. The molecule has 0 fully saturated rings. The molecule has 9 aromatic carbocycles. The fraction of sp³-hybridized carbons (Fsp3) is 0. The zero-order chi connectivity index (χ0) is 29.5. The van der Waals surface area contributed by atoms with Gasteiger partial charge in [-0.2, -0.15) is 0 Å². The lowest BCUT2D eigenvalue weighted by molar-refractivity contribution is 0.487. The van der Waals surface area contributed by atoms with Crippen LogP contribution in [0.25, 0.3) is 87.6 Å². The van der Waals surface area contributed by atoms with Gasteiger partial charge in [0.2, 0.25) is 0 Å². The van der Waals surface area contributed by atoms with E-state index in [0.717, 1.165) is 17.1 Å². The Hall–Kier alpha value is -5.92. The first-order valence-corrected chi connectivity index (χ1v) is 15.5. The minimum atomic E-state index is 0.899. The summed E-state index contributed by atoms with van der Waals surface area (Å²) in [6.07, 6.45) is 0. The molecule has 0 atom stereocenters. The molecule has 1 heteroatoms. The Morgan fingerprint density at radius 1 is 0.289 bits per heavy atom. The van der Waals surface area contributed by atoms with Crippen LogP contribution in [0, 0.1) is 0 Å². The van der Waals surface area contributed by atoms with E-state index in [1.54, 1.807) is 0 Å². The molecule has 0 saturated heterocycles. The first-order valence-electron chi connectivity index (χ1n) is 15.5. The van der Waals surface area contributed by atoms with Crippen LogP contribution < -0.4 is 4.74 Å². The molecular weight excluding hydrogens is 544 g/mol. The molecule has 1 aliphatic heterocycles. The minimum absolute atomic E-state index is 0.899. The number of fused-ring (bicyclic) bond motifs is 2. The van der Waals surface area contributed by atoms with Gasteiger partial charge in [0.15, 0.2) is 0 Å². The highest BCUT2D eigenvalue weighted by Gasteiger charge is 2.22. The van der Waals surface area contributed by atoms with Gasteiger partial charge in [-0.25, -0.2) is 0 Å². The van der Waals surface area contributed by atoms with E-state index in [4.69, 9.17) is 4.74 Å². The number of hydrogen-bond acceptors (Lipinski definition) is 1. The van der Waals surface area contributed by atoms with Gasteiger partial charge in [0, 0.05) is 10.9 Å². The molecule has 0 radical (unpaired) electrons. The Bertz CT molecular complexity index is 2600. The van der Waals surface area contributed by atoms with E-state index in [1.807, 2.05) is 0 Å². The number of ether oxygens (including phenoxy) is 1. The molecule has 0 N–H and O–H groups in total. The molecule has 1 nitrogen and oxygen atoms in total. The van der Waals surface area contributed by atoms with Crippen molar-refractivity contribution in [2.75, 3.05) is 0 Å². The second-order valence-electron chi connectivity index (χ2n) is 12.1. The van der Waals surface area contributed by atoms with E-state index in [9.17, 15) is 0 Å². The maximum Gasteiger partial charge on any atom is 0.136 e. The van der Waals surface area contributed by atoms with E-state index in [-0.39, 0.29) is 0 Å². The smallest absolute Gasteiger partial charge is 0.136 e. The van der Waals surface area contributed by atoms with Gasteiger partial charge >= 0.3 is 0 Å². The Morgan fingerprint density at radius 2 is 0.933 bits per heavy atom. The average molecular weight is 571 g/mol. The SMILES string of the molecule is c1ccc(-c2ccc3c(c2)-c2cccc4cc(-c5ccc6ccc7c(-c8ccccc8)ccc8ccc5c6c87)cc(c24)O3)cc1. The summed E-state index contributed by atoms with van der Waals surface area (Å²) in [6.45, 7) is 0. The summed E-state index contributed by atoms with van der Waals surface area (Å²) in [5, 5.41) is 10.1. The van der Waals surface area contributed by atoms with Gasteiger partial charge in [-0.1, -0.05) is 133 Å². The van der Waals surface area contributed by atoms with Crippen LogP contribution in [0.4, 0.5) is 0 Å². The van der Waals surface area contributed by atoms with Crippen molar-refractivity contribution < 1.29 is 4.74 Å². The predicted molar refractivity (Wildman–Crippen MR) is 189 cm³/mol. The van der Waals surface area contributed by atoms with E-state index < -0.39 is 0 Å². The van der Waals surface area contributed by atoms with E-state index in [1.165, 1.54) is 82.0 Å². The molecule has 0 unspecified atom stereocenters. The van der Waals surface area contributed by atoms with Gasteiger partial charge in [-0.3, -0.25) is 0 Å². The Balaban J connectivity index is 1.18. The lowest BCUT2D eigenvalue weighted by Crippen LogP contribution is -1.98. The molecule has 0 amide bonds. The highest BCUT2D eigenvalue weighted by atomic mass is 16.5. The minimum Gasteiger partial charge on any atom is -0.456 e. The summed E-state index contributed by atoms with van der Waals surface area (Å²) in [6, 6.07) is 57.2. The molecule has 45 heavy (non-hydrogen) atoms. The monoisotopic (exact) mass is 570 g/mol. The van der Waals surface area contributed by atoms with Gasteiger partial charge in [0.25, 0.3) is 0 Å². The van der Waals surface area contributed by atoms with Crippen LogP contribution in [-0.2, 0) is 0 Å². The maximum atomic E-state index is 6.69. The Kier molecular flexibility index (Phi) is 5.06. The van der Waals surface area contributed by atoms with Crippen LogP contribution in [-0.4, -0.2) is 0 Å². The summed E-state index contributed by atoms with van der Waals surface area (Å²) in [4.78, 5) is 0. The summed E-state index contributed by atoms with van der Waals surface area (Å²) < 4.78 is 6.69. The van der Waals surface area contributed by atoms with E-state index in [0.29, 0.717) is 0 Å². The Labute approximate surface area is 260 Å². The summed E-state index contributed by atoms with van der Waals surface area (Å²) in [7, 11) is 0. The quantitative estimate of drug-likeness (QED) is 0.192.